The number of hydrogen-bond donors (Lipinski definition) is 3. The SMILES string of the molecule is CCNC(=NCc1ccccc1CN1CCCC(C)C1)NCC1(CCO)CCOC1.I. The fraction of sp³-hybridized carbons (Fsp3) is 0.708. The van der Waals surface area contributed by atoms with Crippen LogP contribution < -0.4 is 10.6 Å². The first kappa shape index (κ1) is 26.4. The van der Waals surface area contributed by atoms with Crippen molar-refractivity contribution < 1.29 is 9.84 Å². The van der Waals surface area contributed by atoms with Crippen LogP contribution in [0.4, 0.5) is 0 Å². The zero-order chi connectivity index (χ0) is 21.2. The van der Waals surface area contributed by atoms with Crippen molar-refractivity contribution in [3.63, 3.8) is 0 Å². The number of nitrogens with zero attached hydrogens (tertiary/aromatic N) is 2. The van der Waals surface area contributed by atoms with Crippen molar-refractivity contribution in [2.75, 3.05) is 46.0 Å². The molecule has 2 aliphatic rings. The van der Waals surface area contributed by atoms with Crippen LogP contribution in [0.2, 0.25) is 0 Å². The van der Waals surface area contributed by atoms with Gasteiger partial charge in [0.05, 0.1) is 13.2 Å². The lowest BCUT2D eigenvalue weighted by molar-refractivity contribution is 0.127. The lowest BCUT2D eigenvalue weighted by Crippen LogP contribution is -2.44. The van der Waals surface area contributed by atoms with Crippen molar-refractivity contribution in [3.8, 4) is 0 Å². The second kappa shape index (κ2) is 13.6. The van der Waals surface area contributed by atoms with E-state index in [1.807, 2.05) is 0 Å². The molecule has 3 N–H and O–H groups in total. The van der Waals surface area contributed by atoms with E-state index >= 15 is 0 Å². The summed E-state index contributed by atoms with van der Waals surface area (Å²) in [6.07, 6.45) is 4.39. The van der Waals surface area contributed by atoms with Gasteiger partial charge in [0.2, 0.25) is 0 Å². The van der Waals surface area contributed by atoms with Gasteiger partial charge in [-0.1, -0.05) is 31.2 Å². The average Bonchev–Trinajstić information content (AvgIpc) is 3.20. The van der Waals surface area contributed by atoms with Crippen LogP contribution in [-0.2, 0) is 17.8 Å². The molecular weight excluding hydrogens is 503 g/mol. The van der Waals surface area contributed by atoms with Crippen LogP contribution in [-0.4, -0.2) is 62.0 Å². The van der Waals surface area contributed by atoms with Crippen molar-refractivity contribution >= 4 is 29.9 Å². The summed E-state index contributed by atoms with van der Waals surface area (Å²) in [6.45, 7) is 11.8. The third-order valence-corrected chi connectivity index (χ3v) is 6.46. The minimum absolute atomic E-state index is 0. The van der Waals surface area contributed by atoms with Gasteiger partial charge in [-0.15, -0.1) is 24.0 Å². The molecule has 2 saturated heterocycles. The summed E-state index contributed by atoms with van der Waals surface area (Å²) in [4.78, 5) is 7.46. The molecule has 0 aliphatic carbocycles. The number of ether oxygens (including phenoxy) is 1. The van der Waals surface area contributed by atoms with E-state index in [1.165, 1.54) is 37.1 Å². The van der Waals surface area contributed by atoms with Crippen LogP contribution in [0.15, 0.2) is 29.3 Å². The summed E-state index contributed by atoms with van der Waals surface area (Å²) >= 11 is 0. The number of piperidine rings is 1. The summed E-state index contributed by atoms with van der Waals surface area (Å²) in [6, 6.07) is 8.70. The first-order valence-corrected chi connectivity index (χ1v) is 11.6. The quantitative estimate of drug-likeness (QED) is 0.253. The Balaban J connectivity index is 0.00000341. The summed E-state index contributed by atoms with van der Waals surface area (Å²) in [5.74, 6) is 1.63. The molecule has 0 saturated carbocycles. The van der Waals surface area contributed by atoms with E-state index in [0.717, 1.165) is 51.0 Å². The van der Waals surface area contributed by atoms with E-state index in [9.17, 15) is 5.11 Å². The van der Waals surface area contributed by atoms with Gasteiger partial charge >= 0.3 is 0 Å². The van der Waals surface area contributed by atoms with Crippen LogP contribution >= 0.6 is 24.0 Å². The number of likely N-dealkylation sites (tertiary alicyclic amines) is 1. The molecule has 6 nitrogen and oxygen atoms in total. The molecule has 176 valence electrons. The molecule has 2 fully saturated rings. The summed E-state index contributed by atoms with van der Waals surface area (Å²) < 4.78 is 5.61. The Morgan fingerprint density at radius 1 is 1.29 bits per heavy atom. The van der Waals surface area contributed by atoms with Gasteiger partial charge in [0, 0.05) is 44.8 Å². The molecule has 1 aromatic carbocycles. The molecule has 0 radical (unpaired) electrons. The van der Waals surface area contributed by atoms with E-state index in [-0.39, 0.29) is 36.0 Å². The predicted octanol–water partition coefficient (Wildman–Crippen LogP) is 3.38. The molecule has 1 aromatic rings. The third kappa shape index (κ3) is 8.18. The molecule has 2 heterocycles. The predicted molar refractivity (Wildman–Crippen MR) is 138 cm³/mol. The fourth-order valence-electron chi connectivity index (χ4n) is 4.63. The van der Waals surface area contributed by atoms with Gasteiger partial charge in [-0.2, -0.15) is 0 Å². The van der Waals surface area contributed by atoms with E-state index < -0.39 is 0 Å². The van der Waals surface area contributed by atoms with Crippen LogP contribution in [0.3, 0.4) is 0 Å². The molecule has 0 amide bonds. The van der Waals surface area contributed by atoms with E-state index in [4.69, 9.17) is 9.73 Å². The van der Waals surface area contributed by atoms with Crippen molar-refractivity contribution in [3.05, 3.63) is 35.4 Å². The maximum atomic E-state index is 9.46. The van der Waals surface area contributed by atoms with Crippen molar-refractivity contribution in [2.24, 2.45) is 16.3 Å². The second-order valence-corrected chi connectivity index (χ2v) is 9.08. The fourth-order valence-corrected chi connectivity index (χ4v) is 4.63. The Bertz CT molecular complexity index is 679. The standard InChI is InChI=1S/C24H40N4O2.HI/c1-3-25-23(27-18-24(10-13-29)11-14-30-19-24)26-15-21-8-4-5-9-22(21)17-28-12-6-7-20(2)16-28;/h4-5,8-9,20,29H,3,6-7,10-19H2,1-2H3,(H2,25,26,27);1H. The van der Waals surface area contributed by atoms with Crippen LogP contribution in [0.5, 0.6) is 0 Å². The van der Waals surface area contributed by atoms with E-state index in [2.05, 4.69) is 53.6 Å². The smallest absolute Gasteiger partial charge is 0.191 e. The lowest BCUT2D eigenvalue weighted by Gasteiger charge is -2.31. The topological polar surface area (TPSA) is 69.1 Å². The minimum atomic E-state index is 0. The number of rotatable bonds is 9. The lowest BCUT2D eigenvalue weighted by atomic mass is 9.84. The highest BCUT2D eigenvalue weighted by Crippen LogP contribution is 2.31. The molecular formula is C24H41IN4O2. The Labute approximate surface area is 205 Å². The Morgan fingerprint density at radius 2 is 2.10 bits per heavy atom. The highest BCUT2D eigenvalue weighted by Gasteiger charge is 2.34. The first-order chi connectivity index (χ1) is 14.6. The number of aliphatic hydroxyl groups is 1. The van der Waals surface area contributed by atoms with Gasteiger partial charge in [-0.3, -0.25) is 4.90 Å². The molecule has 0 spiro atoms. The van der Waals surface area contributed by atoms with Gasteiger partial charge in [0.15, 0.2) is 5.96 Å². The number of aliphatic imine (C=N–C) groups is 1. The molecule has 0 aromatic heterocycles. The number of guanidine groups is 1. The average molecular weight is 545 g/mol. The molecule has 0 bridgehead atoms. The van der Waals surface area contributed by atoms with E-state index in [1.54, 1.807) is 0 Å². The normalized spacial score (nSPS) is 24.6. The minimum Gasteiger partial charge on any atom is -0.396 e. The van der Waals surface area contributed by atoms with Crippen LogP contribution in [0.25, 0.3) is 0 Å². The van der Waals surface area contributed by atoms with Gasteiger partial charge in [0.25, 0.3) is 0 Å². The molecule has 3 rings (SSSR count). The monoisotopic (exact) mass is 544 g/mol. The third-order valence-electron chi connectivity index (χ3n) is 6.46. The number of benzene rings is 1. The molecule has 2 atom stereocenters. The van der Waals surface area contributed by atoms with Gasteiger partial charge in [0.1, 0.15) is 0 Å². The van der Waals surface area contributed by atoms with Gasteiger partial charge in [-0.05, 0) is 56.2 Å². The van der Waals surface area contributed by atoms with Crippen molar-refractivity contribution in [1.29, 1.82) is 0 Å². The Kier molecular flexibility index (Phi) is 11.6. The van der Waals surface area contributed by atoms with Crippen molar-refractivity contribution in [1.82, 2.24) is 15.5 Å². The number of nitrogens with one attached hydrogen (secondary N) is 2. The van der Waals surface area contributed by atoms with Crippen LogP contribution in [0, 0.1) is 11.3 Å². The summed E-state index contributed by atoms with van der Waals surface area (Å²) in [7, 11) is 0. The Morgan fingerprint density at radius 3 is 2.77 bits per heavy atom. The second-order valence-electron chi connectivity index (χ2n) is 9.08. The zero-order valence-corrected chi connectivity index (χ0v) is 21.6. The molecule has 7 heteroatoms. The molecule has 31 heavy (non-hydrogen) atoms. The molecule has 2 aliphatic heterocycles. The first-order valence-electron chi connectivity index (χ1n) is 11.6. The highest BCUT2D eigenvalue weighted by atomic mass is 127. The summed E-state index contributed by atoms with van der Waals surface area (Å²) in [5.41, 5.74) is 2.68. The zero-order valence-electron chi connectivity index (χ0n) is 19.2. The van der Waals surface area contributed by atoms with E-state index in [0.29, 0.717) is 13.2 Å². The van der Waals surface area contributed by atoms with Gasteiger partial charge < -0.3 is 20.5 Å². The molecule has 2 unspecified atom stereocenters. The van der Waals surface area contributed by atoms with Gasteiger partial charge in [-0.25, -0.2) is 4.99 Å². The largest absolute Gasteiger partial charge is 0.396 e. The maximum Gasteiger partial charge on any atom is 0.191 e. The number of aliphatic hydroxyl groups excluding tert-OH is 1. The van der Waals surface area contributed by atoms with Crippen molar-refractivity contribution in [2.45, 2.75) is 52.6 Å². The summed E-state index contributed by atoms with van der Waals surface area (Å²) in [5, 5.41) is 16.3. The maximum absolute atomic E-state index is 9.46. The Hall–Kier alpha value is -0.900. The van der Waals surface area contributed by atoms with Crippen LogP contribution in [0.1, 0.15) is 50.7 Å². The highest BCUT2D eigenvalue weighted by molar-refractivity contribution is 14.0. The number of halogens is 1. The number of hydrogen-bond acceptors (Lipinski definition) is 4.